The van der Waals surface area contributed by atoms with Crippen LogP contribution in [0.5, 0.6) is 5.75 Å². The van der Waals surface area contributed by atoms with Crippen LogP contribution in [0, 0.1) is 6.92 Å². The zero-order chi connectivity index (χ0) is 20.3. The molecule has 6 nitrogen and oxygen atoms in total. The van der Waals surface area contributed by atoms with E-state index < -0.39 is 6.10 Å². The summed E-state index contributed by atoms with van der Waals surface area (Å²) in [4.78, 5) is 26.0. The maximum Gasteiger partial charge on any atom is 0.321 e. The molecule has 0 bridgehead atoms. The molecular weight excluding hydrogens is 354 g/mol. The van der Waals surface area contributed by atoms with E-state index >= 15 is 0 Å². The number of hydrogen-bond acceptors (Lipinski definition) is 3. The number of carbonyl (C=O) groups is 2. The quantitative estimate of drug-likeness (QED) is 0.793. The summed E-state index contributed by atoms with van der Waals surface area (Å²) in [5, 5.41) is 5.63. The van der Waals surface area contributed by atoms with Crippen molar-refractivity contribution >= 4 is 23.3 Å². The van der Waals surface area contributed by atoms with E-state index in [2.05, 4.69) is 24.5 Å². The van der Waals surface area contributed by atoms with E-state index in [1.165, 1.54) is 5.56 Å². The second-order valence-electron chi connectivity index (χ2n) is 7.36. The number of benzene rings is 2. The van der Waals surface area contributed by atoms with E-state index in [-0.39, 0.29) is 11.9 Å². The molecule has 0 saturated carbocycles. The van der Waals surface area contributed by atoms with Crippen molar-refractivity contribution in [3.05, 3.63) is 53.6 Å². The standard InChI is InChI=1S/C22H27N3O3/c1-14(2)20-9-8-19(12-15(20)3)28-16(4)21(26)24-17-6-5-7-18(13-17)25-11-10-23-22(25)27/h5-9,12-14,16H,10-11H2,1-4H3,(H,23,27)(H,24,26). The Morgan fingerprint density at radius 3 is 2.61 bits per heavy atom. The average Bonchev–Trinajstić information content (AvgIpc) is 3.07. The molecule has 1 aliphatic heterocycles. The molecule has 6 heteroatoms. The number of nitrogens with one attached hydrogen (secondary N) is 2. The third-order valence-electron chi connectivity index (χ3n) is 4.83. The van der Waals surface area contributed by atoms with Crippen LogP contribution in [0.3, 0.4) is 0 Å². The van der Waals surface area contributed by atoms with Crippen molar-refractivity contribution in [1.82, 2.24) is 5.32 Å². The summed E-state index contributed by atoms with van der Waals surface area (Å²) in [5.74, 6) is 0.875. The van der Waals surface area contributed by atoms with Crippen molar-refractivity contribution in [3.63, 3.8) is 0 Å². The molecule has 1 unspecified atom stereocenters. The summed E-state index contributed by atoms with van der Waals surface area (Å²) in [7, 11) is 0. The van der Waals surface area contributed by atoms with E-state index in [4.69, 9.17) is 4.74 Å². The summed E-state index contributed by atoms with van der Waals surface area (Å²) >= 11 is 0. The molecule has 0 spiro atoms. The molecule has 1 atom stereocenters. The lowest BCUT2D eigenvalue weighted by Gasteiger charge is -2.18. The van der Waals surface area contributed by atoms with Crippen LogP contribution in [-0.2, 0) is 4.79 Å². The Kier molecular flexibility index (Phi) is 5.87. The number of rotatable bonds is 6. The van der Waals surface area contributed by atoms with Gasteiger partial charge in [0.15, 0.2) is 6.10 Å². The molecule has 28 heavy (non-hydrogen) atoms. The highest BCUT2D eigenvalue weighted by atomic mass is 16.5. The average molecular weight is 381 g/mol. The van der Waals surface area contributed by atoms with Gasteiger partial charge in [0.25, 0.3) is 5.91 Å². The fourth-order valence-corrected chi connectivity index (χ4v) is 3.34. The van der Waals surface area contributed by atoms with Gasteiger partial charge in [-0.2, -0.15) is 0 Å². The van der Waals surface area contributed by atoms with Gasteiger partial charge < -0.3 is 15.4 Å². The third kappa shape index (κ3) is 4.44. The molecule has 1 aliphatic rings. The van der Waals surface area contributed by atoms with Gasteiger partial charge in [0, 0.05) is 24.5 Å². The van der Waals surface area contributed by atoms with Gasteiger partial charge in [-0.1, -0.05) is 26.0 Å². The lowest BCUT2D eigenvalue weighted by Crippen LogP contribution is -2.30. The van der Waals surface area contributed by atoms with Gasteiger partial charge >= 0.3 is 6.03 Å². The molecule has 1 heterocycles. The molecule has 1 fully saturated rings. The van der Waals surface area contributed by atoms with Gasteiger partial charge in [-0.05, 0) is 61.2 Å². The van der Waals surface area contributed by atoms with Crippen LogP contribution in [0.1, 0.15) is 37.8 Å². The fourth-order valence-electron chi connectivity index (χ4n) is 3.34. The summed E-state index contributed by atoms with van der Waals surface area (Å²) < 4.78 is 5.82. The van der Waals surface area contributed by atoms with Gasteiger partial charge in [0.2, 0.25) is 0 Å². The minimum Gasteiger partial charge on any atom is -0.481 e. The number of ether oxygens (including phenoxy) is 1. The fraction of sp³-hybridized carbons (Fsp3) is 0.364. The van der Waals surface area contributed by atoms with Gasteiger partial charge in [-0.3, -0.25) is 9.69 Å². The molecule has 3 rings (SSSR count). The first kappa shape index (κ1) is 19.7. The minimum absolute atomic E-state index is 0.125. The van der Waals surface area contributed by atoms with Crippen molar-refractivity contribution in [2.45, 2.75) is 39.7 Å². The number of aryl methyl sites for hydroxylation is 1. The highest BCUT2D eigenvalue weighted by Crippen LogP contribution is 2.25. The second-order valence-corrected chi connectivity index (χ2v) is 7.36. The number of amides is 3. The summed E-state index contributed by atoms with van der Waals surface area (Å²) in [6, 6.07) is 13.0. The van der Waals surface area contributed by atoms with Crippen LogP contribution < -0.4 is 20.3 Å². The van der Waals surface area contributed by atoms with E-state index in [0.29, 0.717) is 30.4 Å². The van der Waals surface area contributed by atoms with Crippen LogP contribution in [0.25, 0.3) is 0 Å². The van der Waals surface area contributed by atoms with Crippen molar-refractivity contribution in [3.8, 4) is 5.75 Å². The molecule has 1 saturated heterocycles. The topological polar surface area (TPSA) is 70.7 Å². The Balaban J connectivity index is 1.64. The van der Waals surface area contributed by atoms with Crippen LogP contribution in [0.4, 0.5) is 16.2 Å². The predicted octanol–water partition coefficient (Wildman–Crippen LogP) is 4.05. The minimum atomic E-state index is -0.650. The first-order valence-corrected chi connectivity index (χ1v) is 9.58. The number of hydrogen-bond donors (Lipinski definition) is 2. The first-order chi connectivity index (χ1) is 13.3. The first-order valence-electron chi connectivity index (χ1n) is 9.58. The van der Waals surface area contributed by atoms with Gasteiger partial charge in [-0.25, -0.2) is 4.79 Å². The Morgan fingerprint density at radius 2 is 1.96 bits per heavy atom. The van der Waals surface area contributed by atoms with Crippen molar-refractivity contribution < 1.29 is 14.3 Å². The molecule has 0 radical (unpaired) electrons. The zero-order valence-corrected chi connectivity index (χ0v) is 16.8. The Labute approximate surface area is 165 Å². The highest BCUT2D eigenvalue weighted by molar-refractivity contribution is 5.97. The molecule has 2 aromatic carbocycles. The van der Waals surface area contributed by atoms with E-state index in [1.54, 1.807) is 24.0 Å². The molecule has 2 aromatic rings. The van der Waals surface area contributed by atoms with E-state index in [0.717, 1.165) is 11.3 Å². The number of anilines is 2. The lowest BCUT2D eigenvalue weighted by molar-refractivity contribution is -0.122. The monoisotopic (exact) mass is 381 g/mol. The Bertz CT molecular complexity index is 879. The third-order valence-corrected chi connectivity index (χ3v) is 4.83. The Hall–Kier alpha value is -3.02. The van der Waals surface area contributed by atoms with Gasteiger partial charge in [0.1, 0.15) is 5.75 Å². The molecule has 2 N–H and O–H groups in total. The lowest BCUT2D eigenvalue weighted by atomic mass is 9.98. The van der Waals surface area contributed by atoms with Crippen molar-refractivity contribution in [2.24, 2.45) is 0 Å². The largest absolute Gasteiger partial charge is 0.481 e. The Morgan fingerprint density at radius 1 is 1.18 bits per heavy atom. The summed E-state index contributed by atoms with van der Waals surface area (Å²) in [6.07, 6.45) is -0.650. The smallest absolute Gasteiger partial charge is 0.321 e. The van der Waals surface area contributed by atoms with Crippen molar-refractivity contribution in [2.75, 3.05) is 23.3 Å². The van der Waals surface area contributed by atoms with Crippen LogP contribution in [0.2, 0.25) is 0 Å². The predicted molar refractivity (Wildman–Crippen MR) is 111 cm³/mol. The number of nitrogens with zero attached hydrogens (tertiary/aromatic N) is 1. The maximum atomic E-state index is 12.5. The molecule has 148 valence electrons. The SMILES string of the molecule is Cc1cc(OC(C)C(=O)Nc2cccc(N3CCNC3=O)c2)ccc1C(C)C. The van der Waals surface area contributed by atoms with E-state index in [9.17, 15) is 9.59 Å². The van der Waals surface area contributed by atoms with Crippen LogP contribution >= 0.6 is 0 Å². The van der Waals surface area contributed by atoms with Crippen molar-refractivity contribution in [1.29, 1.82) is 0 Å². The van der Waals surface area contributed by atoms with E-state index in [1.807, 2.05) is 37.3 Å². The molecular formula is C22H27N3O3. The normalized spacial score (nSPS) is 14.8. The maximum absolute atomic E-state index is 12.5. The summed E-state index contributed by atoms with van der Waals surface area (Å²) in [5.41, 5.74) is 3.80. The van der Waals surface area contributed by atoms with Gasteiger partial charge in [-0.15, -0.1) is 0 Å². The zero-order valence-electron chi connectivity index (χ0n) is 16.8. The van der Waals surface area contributed by atoms with Crippen LogP contribution in [0.15, 0.2) is 42.5 Å². The van der Waals surface area contributed by atoms with Gasteiger partial charge in [0.05, 0.1) is 0 Å². The number of urea groups is 1. The molecule has 0 aromatic heterocycles. The van der Waals surface area contributed by atoms with Crippen LogP contribution in [-0.4, -0.2) is 31.1 Å². The molecule has 3 amide bonds. The highest BCUT2D eigenvalue weighted by Gasteiger charge is 2.22. The summed E-state index contributed by atoms with van der Waals surface area (Å²) in [6.45, 7) is 9.31. The second kappa shape index (κ2) is 8.33. The molecule has 0 aliphatic carbocycles. The number of carbonyl (C=O) groups excluding carboxylic acids is 2.